The molecule has 0 bridgehead atoms. The molecule has 47 heavy (non-hydrogen) atoms. The predicted octanol–water partition coefficient (Wildman–Crippen LogP) is 9.53. The van der Waals surface area contributed by atoms with Crippen LogP contribution in [0.1, 0.15) is 162 Å². The molecule has 0 spiro atoms. The van der Waals surface area contributed by atoms with Crippen molar-refractivity contribution in [2.45, 2.75) is 174 Å². The molecule has 0 saturated carbocycles. The van der Waals surface area contributed by atoms with E-state index in [1.54, 1.807) is 0 Å². The number of hydrogen-bond donors (Lipinski definition) is 3. The van der Waals surface area contributed by atoms with E-state index in [0.29, 0.717) is 6.61 Å². The Kier molecular flexibility index (Phi) is 34.0. The van der Waals surface area contributed by atoms with Gasteiger partial charge in [-0.15, -0.1) is 0 Å². The number of allylic oxidation sites excluding steroid dienone is 4. The first kappa shape index (κ1) is 45.9. The molecule has 10 heteroatoms. The van der Waals surface area contributed by atoms with Crippen molar-refractivity contribution in [2.75, 3.05) is 33.0 Å². The SMILES string of the molecule is CCCCC/C=C\CCCCCCCCOCC(COP(=O)(O)OCC(O)CO)OC(=O)CCCCCCC/C=C\CCCCCC. The summed E-state index contributed by atoms with van der Waals surface area (Å²) in [6, 6.07) is 0. The Bertz CT molecular complexity index is 790. The fraction of sp³-hybridized carbons (Fsp3) is 0.865. The first-order valence-corrected chi connectivity index (χ1v) is 20.3. The molecule has 0 aromatic carbocycles. The lowest BCUT2D eigenvalue weighted by atomic mass is 10.1. The van der Waals surface area contributed by atoms with Crippen LogP contribution >= 0.6 is 7.82 Å². The minimum absolute atomic E-state index is 0.0434. The molecule has 0 aliphatic heterocycles. The summed E-state index contributed by atoms with van der Waals surface area (Å²) in [6.45, 7) is 3.45. The van der Waals surface area contributed by atoms with Gasteiger partial charge in [0.2, 0.25) is 0 Å². The molecule has 3 N–H and O–H groups in total. The molecular formula is C37H71O9P. The molecule has 9 nitrogen and oxygen atoms in total. The summed E-state index contributed by atoms with van der Waals surface area (Å²) in [5.41, 5.74) is 0. The van der Waals surface area contributed by atoms with Crippen molar-refractivity contribution in [3.8, 4) is 0 Å². The quantitative estimate of drug-likeness (QED) is 0.0254. The third kappa shape index (κ3) is 34.6. The summed E-state index contributed by atoms with van der Waals surface area (Å²) >= 11 is 0. The van der Waals surface area contributed by atoms with Crippen molar-refractivity contribution in [1.82, 2.24) is 0 Å². The molecular weight excluding hydrogens is 619 g/mol. The minimum Gasteiger partial charge on any atom is -0.457 e. The minimum atomic E-state index is -4.51. The van der Waals surface area contributed by atoms with Gasteiger partial charge in [-0.3, -0.25) is 13.8 Å². The standard InChI is InChI=1S/C37H71O9P/c1-3-5-7-9-11-13-15-17-19-21-23-25-27-29-37(40)46-36(34-45-47(41,42)44-32-35(39)31-38)33-43-30-28-26-24-22-20-18-16-14-12-10-8-6-4-2/h12-15,35-36,38-39H,3-11,16-34H2,1-2H3,(H,41,42)/b14-12-,15-13-. The summed E-state index contributed by atoms with van der Waals surface area (Å²) < 4.78 is 33.2. The van der Waals surface area contributed by atoms with Crippen molar-refractivity contribution in [3.63, 3.8) is 0 Å². The molecule has 0 rings (SSSR count). The van der Waals surface area contributed by atoms with Gasteiger partial charge in [-0.2, -0.15) is 0 Å². The largest absolute Gasteiger partial charge is 0.472 e. The Labute approximate surface area is 287 Å². The number of carbonyl (C=O) groups excluding carboxylic acids is 1. The van der Waals surface area contributed by atoms with Crippen LogP contribution in [0, 0.1) is 0 Å². The van der Waals surface area contributed by atoms with Crippen molar-refractivity contribution in [3.05, 3.63) is 24.3 Å². The molecule has 0 aromatic rings. The number of ether oxygens (including phenoxy) is 2. The third-order valence-electron chi connectivity index (χ3n) is 7.86. The number of aliphatic hydroxyl groups excluding tert-OH is 2. The lowest BCUT2D eigenvalue weighted by molar-refractivity contribution is -0.154. The average molecular weight is 691 g/mol. The summed E-state index contributed by atoms with van der Waals surface area (Å²) in [7, 11) is -4.51. The predicted molar refractivity (Wildman–Crippen MR) is 191 cm³/mol. The normalized spacial score (nSPS) is 14.6. The van der Waals surface area contributed by atoms with Crippen molar-refractivity contribution in [1.29, 1.82) is 0 Å². The van der Waals surface area contributed by atoms with E-state index in [-0.39, 0.29) is 19.6 Å². The molecule has 278 valence electrons. The summed E-state index contributed by atoms with van der Waals surface area (Å²) in [4.78, 5) is 22.4. The highest BCUT2D eigenvalue weighted by Gasteiger charge is 2.26. The Morgan fingerprint density at radius 3 is 1.64 bits per heavy atom. The van der Waals surface area contributed by atoms with Crippen molar-refractivity contribution >= 4 is 13.8 Å². The molecule has 0 amide bonds. The van der Waals surface area contributed by atoms with E-state index in [9.17, 15) is 19.4 Å². The first-order chi connectivity index (χ1) is 22.8. The lowest BCUT2D eigenvalue weighted by Gasteiger charge is -2.20. The monoisotopic (exact) mass is 690 g/mol. The van der Waals surface area contributed by atoms with E-state index in [1.165, 1.54) is 77.0 Å². The zero-order chi connectivity index (χ0) is 34.7. The van der Waals surface area contributed by atoms with Crippen molar-refractivity contribution in [2.24, 2.45) is 0 Å². The maximum atomic E-state index is 12.5. The molecule has 0 saturated heterocycles. The number of hydrogen-bond acceptors (Lipinski definition) is 8. The third-order valence-corrected chi connectivity index (χ3v) is 8.81. The Morgan fingerprint density at radius 1 is 0.638 bits per heavy atom. The van der Waals surface area contributed by atoms with Gasteiger partial charge in [0.05, 0.1) is 26.4 Å². The van der Waals surface area contributed by atoms with Gasteiger partial charge in [0.25, 0.3) is 0 Å². The van der Waals surface area contributed by atoms with E-state index in [0.717, 1.165) is 64.2 Å². The second kappa shape index (κ2) is 34.8. The van der Waals surface area contributed by atoms with Gasteiger partial charge in [-0.05, 0) is 64.2 Å². The maximum Gasteiger partial charge on any atom is 0.472 e. The van der Waals surface area contributed by atoms with Crippen LogP contribution in [0.2, 0.25) is 0 Å². The smallest absolute Gasteiger partial charge is 0.457 e. The van der Waals surface area contributed by atoms with Crippen LogP contribution in [0.25, 0.3) is 0 Å². The fourth-order valence-electron chi connectivity index (χ4n) is 4.93. The van der Waals surface area contributed by atoms with E-state index >= 15 is 0 Å². The van der Waals surface area contributed by atoms with Gasteiger partial charge in [-0.25, -0.2) is 4.57 Å². The lowest BCUT2D eigenvalue weighted by Crippen LogP contribution is -2.29. The van der Waals surface area contributed by atoms with E-state index < -0.39 is 39.2 Å². The van der Waals surface area contributed by atoms with Crippen LogP contribution in [0.3, 0.4) is 0 Å². The number of carbonyl (C=O) groups is 1. The fourth-order valence-corrected chi connectivity index (χ4v) is 5.72. The number of phosphoric acid groups is 1. The van der Waals surface area contributed by atoms with Gasteiger partial charge in [-0.1, -0.05) is 115 Å². The number of phosphoric ester groups is 1. The topological polar surface area (TPSA) is 132 Å². The molecule has 0 aliphatic rings. The molecule has 3 atom stereocenters. The summed E-state index contributed by atoms with van der Waals surface area (Å²) in [5, 5.41) is 18.3. The molecule has 0 aromatic heterocycles. The van der Waals surface area contributed by atoms with Crippen LogP contribution < -0.4 is 0 Å². The average Bonchev–Trinajstić information content (AvgIpc) is 3.06. The molecule has 0 radical (unpaired) electrons. The van der Waals surface area contributed by atoms with Gasteiger partial charge in [0.1, 0.15) is 12.2 Å². The Morgan fingerprint density at radius 2 is 1.09 bits per heavy atom. The highest BCUT2D eigenvalue weighted by atomic mass is 31.2. The van der Waals surface area contributed by atoms with Gasteiger partial charge in [0.15, 0.2) is 0 Å². The molecule has 0 aliphatic carbocycles. The van der Waals surface area contributed by atoms with Crippen LogP contribution in [-0.4, -0.2) is 66.3 Å². The molecule has 0 fully saturated rings. The number of rotatable bonds is 36. The van der Waals surface area contributed by atoms with Gasteiger partial charge < -0.3 is 24.6 Å². The number of aliphatic hydroxyl groups is 2. The van der Waals surface area contributed by atoms with Crippen molar-refractivity contribution < 1.29 is 43.0 Å². The summed E-state index contributed by atoms with van der Waals surface area (Å²) in [5.74, 6) is -0.395. The molecule has 0 heterocycles. The second-order valence-corrected chi connectivity index (χ2v) is 14.0. The molecule has 3 unspecified atom stereocenters. The van der Waals surface area contributed by atoms with E-state index in [2.05, 4.69) is 38.2 Å². The number of unbranched alkanes of at least 4 members (excludes halogenated alkanes) is 18. The maximum absolute atomic E-state index is 12.5. The summed E-state index contributed by atoms with van der Waals surface area (Å²) in [6.07, 6.45) is 32.7. The van der Waals surface area contributed by atoms with Gasteiger partial charge >= 0.3 is 13.8 Å². The van der Waals surface area contributed by atoms with Crippen LogP contribution in [0.4, 0.5) is 0 Å². The highest BCUT2D eigenvalue weighted by molar-refractivity contribution is 7.47. The second-order valence-electron chi connectivity index (χ2n) is 12.6. The Hall–Kier alpha value is -1.06. The van der Waals surface area contributed by atoms with Gasteiger partial charge in [0, 0.05) is 13.0 Å². The van der Waals surface area contributed by atoms with Crippen LogP contribution in [0.15, 0.2) is 24.3 Å². The first-order valence-electron chi connectivity index (χ1n) is 18.8. The van der Waals surface area contributed by atoms with E-state index in [1.807, 2.05) is 0 Å². The van der Waals surface area contributed by atoms with Crippen LogP contribution in [0.5, 0.6) is 0 Å². The zero-order valence-electron chi connectivity index (χ0n) is 30.0. The highest BCUT2D eigenvalue weighted by Crippen LogP contribution is 2.43. The van der Waals surface area contributed by atoms with Crippen LogP contribution in [-0.2, 0) is 27.9 Å². The zero-order valence-corrected chi connectivity index (χ0v) is 30.9. The Balaban J connectivity index is 4.27. The number of esters is 1. The van der Waals surface area contributed by atoms with E-state index in [4.69, 9.17) is 23.6 Å².